The molecule has 1 aliphatic heterocycles. The van der Waals surface area contributed by atoms with Crippen molar-refractivity contribution in [1.29, 1.82) is 0 Å². The Kier molecular flexibility index (Phi) is 6.69. The van der Waals surface area contributed by atoms with Gasteiger partial charge in [0.1, 0.15) is 29.6 Å². The average molecular weight is 494 g/mol. The van der Waals surface area contributed by atoms with Gasteiger partial charge in [-0.05, 0) is 45.0 Å². The summed E-state index contributed by atoms with van der Waals surface area (Å²) >= 11 is 0. The third-order valence-corrected chi connectivity index (χ3v) is 5.51. The van der Waals surface area contributed by atoms with Gasteiger partial charge in [0.25, 0.3) is 11.5 Å². The van der Waals surface area contributed by atoms with Crippen LogP contribution in [-0.4, -0.2) is 52.4 Å². The van der Waals surface area contributed by atoms with Gasteiger partial charge in [0.05, 0.1) is 18.6 Å². The minimum absolute atomic E-state index is 0.0406. The number of esters is 1. The SMILES string of the molecule is CC(C)(C)OC(=O)CNC(=O)c1c(O)c2ccccc2n(C[C@H]2CN(c3ccccc3)C(=O)O2)c1=O. The fourth-order valence-electron chi connectivity index (χ4n) is 4.03. The number of amides is 2. The number of hydrogen-bond donors (Lipinski definition) is 2. The Morgan fingerprint density at radius 2 is 1.75 bits per heavy atom. The molecule has 188 valence electrons. The molecule has 0 spiro atoms. The summed E-state index contributed by atoms with van der Waals surface area (Å²) in [4.78, 5) is 52.3. The molecule has 2 aromatic carbocycles. The molecule has 1 aromatic heterocycles. The quantitative estimate of drug-likeness (QED) is 0.506. The molecular weight excluding hydrogens is 466 g/mol. The fourth-order valence-corrected chi connectivity index (χ4v) is 4.03. The lowest BCUT2D eigenvalue weighted by molar-refractivity contribution is -0.153. The molecule has 0 radical (unpaired) electrons. The number of aromatic nitrogens is 1. The lowest BCUT2D eigenvalue weighted by Crippen LogP contribution is -2.39. The highest BCUT2D eigenvalue weighted by Gasteiger charge is 2.34. The number of rotatable bonds is 6. The Morgan fingerprint density at radius 3 is 2.44 bits per heavy atom. The van der Waals surface area contributed by atoms with E-state index in [1.54, 1.807) is 69.3 Å². The van der Waals surface area contributed by atoms with Gasteiger partial charge < -0.3 is 24.5 Å². The molecule has 2 heterocycles. The number of fused-ring (bicyclic) bond motifs is 1. The van der Waals surface area contributed by atoms with Crippen LogP contribution in [0.2, 0.25) is 0 Å². The maximum absolute atomic E-state index is 13.4. The number of carbonyl (C=O) groups excluding carboxylic acids is 3. The van der Waals surface area contributed by atoms with Crippen LogP contribution in [0.15, 0.2) is 59.4 Å². The predicted octanol–water partition coefficient (Wildman–Crippen LogP) is 2.80. The molecule has 0 saturated carbocycles. The van der Waals surface area contributed by atoms with Crippen LogP contribution in [0.4, 0.5) is 10.5 Å². The number of ether oxygens (including phenoxy) is 2. The maximum atomic E-state index is 13.4. The van der Waals surface area contributed by atoms with Gasteiger partial charge in [0.2, 0.25) is 0 Å². The van der Waals surface area contributed by atoms with Crippen LogP contribution in [0.1, 0.15) is 31.1 Å². The Labute approximate surface area is 207 Å². The molecule has 4 rings (SSSR count). The second kappa shape index (κ2) is 9.73. The van der Waals surface area contributed by atoms with Gasteiger partial charge >= 0.3 is 12.1 Å². The van der Waals surface area contributed by atoms with E-state index in [1.165, 1.54) is 9.47 Å². The van der Waals surface area contributed by atoms with Gasteiger partial charge in [0, 0.05) is 11.1 Å². The van der Waals surface area contributed by atoms with E-state index in [2.05, 4.69) is 5.32 Å². The lowest BCUT2D eigenvalue weighted by atomic mass is 10.1. The number of nitrogens with one attached hydrogen (secondary N) is 1. The minimum Gasteiger partial charge on any atom is -0.506 e. The standard InChI is InChI=1S/C26H27N3O7/c1-26(2,3)36-20(30)13-27-23(32)21-22(31)18-11-7-8-12-19(18)29(24(21)33)15-17-14-28(25(34)35-17)16-9-5-4-6-10-16/h4-12,17,31H,13-15H2,1-3H3,(H,27,32)/t17-/m1/s1. The second-order valence-corrected chi connectivity index (χ2v) is 9.38. The van der Waals surface area contributed by atoms with E-state index in [9.17, 15) is 24.3 Å². The van der Waals surface area contributed by atoms with Crippen LogP contribution in [0.5, 0.6) is 5.75 Å². The number of para-hydroxylation sites is 2. The summed E-state index contributed by atoms with van der Waals surface area (Å²) in [5.41, 5.74) is -0.997. The minimum atomic E-state index is -0.919. The second-order valence-electron chi connectivity index (χ2n) is 9.38. The van der Waals surface area contributed by atoms with Crippen LogP contribution in [0.3, 0.4) is 0 Å². The lowest BCUT2D eigenvalue weighted by Gasteiger charge is -2.20. The third-order valence-electron chi connectivity index (χ3n) is 5.51. The highest BCUT2D eigenvalue weighted by atomic mass is 16.6. The molecule has 1 fully saturated rings. The van der Waals surface area contributed by atoms with Gasteiger partial charge in [-0.1, -0.05) is 30.3 Å². The largest absolute Gasteiger partial charge is 0.506 e. The van der Waals surface area contributed by atoms with E-state index in [-0.39, 0.29) is 18.5 Å². The van der Waals surface area contributed by atoms with Crippen molar-refractivity contribution in [3.8, 4) is 5.75 Å². The molecule has 2 N–H and O–H groups in total. The highest BCUT2D eigenvalue weighted by molar-refractivity contribution is 6.03. The van der Waals surface area contributed by atoms with E-state index in [0.717, 1.165) is 0 Å². The molecule has 3 aromatic rings. The van der Waals surface area contributed by atoms with Gasteiger partial charge in [-0.15, -0.1) is 0 Å². The molecule has 2 amide bonds. The highest BCUT2D eigenvalue weighted by Crippen LogP contribution is 2.28. The zero-order valence-corrected chi connectivity index (χ0v) is 20.2. The molecule has 0 unspecified atom stereocenters. The number of nitrogens with zero attached hydrogens (tertiary/aromatic N) is 2. The molecule has 10 heteroatoms. The topological polar surface area (TPSA) is 127 Å². The summed E-state index contributed by atoms with van der Waals surface area (Å²) in [7, 11) is 0. The number of pyridine rings is 1. The predicted molar refractivity (Wildman–Crippen MR) is 132 cm³/mol. The van der Waals surface area contributed by atoms with Crippen LogP contribution in [-0.2, 0) is 20.8 Å². The number of cyclic esters (lactones) is 1. The third kappa shape index (κ3) is 5.17. The molecule has 1 aliphatic rings. The summed E-state index contributed by atoms with van der Waals surface area (Å²) in [5, 5.41) is 13.4. The summed E-state index contributed by atoms with van der Waals surface area (Å²) in [6.45, 7) is 4.75. The van der Waals surface area contributed by atoms with Crippen LogP contribution in [0, 0.1) is 0 Å². The Balaban J connectivity index is 1.63. The molecule has 0 aliphatic carbocycles. The monoisotopic (exact) mass is 493 g/mol. The Morgan fingerprint density at radius 1 is 1.08 bits per heavy atom. The molecule has 1 saturated heterocycles. The van der Waals surface area contributed by atoms with Crippen molar-refractivity contribution < 1.29 is 29.0 Å². The number of benzene rings is 2. The summed E-state index contributed by atoms with van der Waals surface area (Å²) in [6.07, 6.45) is -1.22. The summed E-state index contributed by atoms with van der Waals surface area (Å²) in [6, 6.07) is 15.5. The average Bonchev–Trinajstić information content (AvgIpc) is 3.20. The summed E-state index contributed by atoms with van der Waals surface area (Å²) < 4.78 is 12.0. The van der Waals surface area contributed by atoms with Crippen molar-refractivity contribution >= 4 is 34.6 Å². The first-order chi connectivity index (χ1) is 17.0. The molecule has 36 heavy (non-hydrogen) atoms. The van der Waals surface area contributed by atoms with Gasteiger partial charge in [-0.2, -0.15) is 0 Å². The zero-order chi connectivity index (χ0) is 26.0. The van der Waals surface area contributed by atoms with Crippen LogP contribution in [0.25, 0.3) is 10.9 Å². The van der Waals surface area contributed by atoms with Crippen molar-refractivity contribution in [3.05, 3.63) is 70.5 Å². The van der Waals surface area contributed by atoms with Crippen molar-refractivity contribution in [2.75, 3.05) is 18.0 Å². The molecule has 1 atom stereocenters. The molecule has 10 nitrogen and oxygen atoms in total. The van der Waals surface area contributed by atoms with Gasteiger partial charge in [0.15, 0.2) is 0 Å². The van der Waals surface area contributed by atoms with Crippen LogP contribution >= 0.6 is 0 Å². The maximum Gasteiger partial charge on any atom is 0.414 e. The Bertz CT molecular complexity index is 1380. The molecular formula is C26H27N3O7. The van der Waals surface area contributed by atoms with Crippen molar-refractivity contribution in [3.63, 3.8) is 0 Å². The van der Waals surface area contributed by atoms with E-state index >= 15 is 0 Å². The normalized spacial score (nSPS) is 15.6. The molecule has 0 bridgehead atoms. The van der Waals surface area contributed by atoms with E-state index < -0.39 is 53.1 Å². The van der Waals surface area contributed by atoms with Crippen molar-refractivity contribution in [2.45, 2.75) is 39.0 Å². The first-order valence-electron chi connectivity index (χ1n) is 11.4. The van der Waals surface area contributed by atoms with E-state index in [4.69, 9.17) is 9.47 Å². The van der Waals surface area contributed by atoms with Crippen LogP contribution < -0.4 is 15.8 Å². The van der Waals surface area contributed by atoms with Gasteiger partial charge in [-0.25, -0.2) is 4.79 Å². The zero-order valence-electron chi connectivity index (χ0n) is 20.2. The number of hydrogen-bond acceptors (Lipinski definition) is 7. The van der Waals surface area contributed by atoms with E-state index in [0.29, 0.717) is 11.2 Å². The number of anilines is 1. The van der Waals surface area contributed by atoms with Gasteiger partial charge in [-0.3, -0.25) is 19.3 Å². The first kappa shape index (κ1) is 24.8. The first-order valence-corrected chi connectivity index (χ1v) is 11.4. The number of aromatic hydroxyl groups is 1. The van der Waals surface area contributed by atoms with Crippen molar-refractivity contribution in [1.82, 2.24) is 9.88 Å². The number of carbonyl (C=O) groups is 3. The smallest absolute Gasteiger partial charge is 0.414 e. The fraction of sp³-hybridized carbons (Fsp3) is 0.308. The van der Waals surface area contributed by atoms with Crippen molar-refractivity contribution in [2.24, 2.45) is 0 Å². The van der Waals surface area contributed by atoms with E-state index in [1.807, 2.05) is 6.07 Å². The Hall–Kier alpha value is -4.34. The summed E-state index contributed by atoms with van der Waals surface area (Å²) in [5.74, 6) is -2.10.